The van der Waals surface area contributed by atoms with E-state index < -0.39 is 4.92 Å². The third kappa shape index (κ3) is 4.72. The van der Waals surface area contributed by atoms with Crippen molar-refractivity contribution in [1.82, 2.24) is 5.01 Å². The maximum Gasteiger partial charge on any atom is 0.274 e. The van der Waals surface area contributed by atoms with Crippen LogP contribution in [0.4, 0.5) is 5.69 Å². The van der Waals surface area contributed by atoms with Crippen LogP contribution in [0.5, 0.6) is 11.5 Å². The quantitative estimate of drug-likeness (QED) is 0.229. The van der Waals surface area contributed by atoms with Crippen LogP contribution >= 0.6 is 22.6 Å². The van der Waals surface area contributed by atoms with Gasteiger partial charge in [-0.3, -0.25) is 14.9 Å². The van der Waals surface area contributed by atoms with Crippen LogP contribution < -0.4 is 9.47 Å². The molecule has 0 fully saturated rings. The van der Waals surface area contributed by atoms with Crippen molar-refractivity contribution in [2.45, 2.75) is 24.2 Å². The average Bonchev–Trinajstić information content (AvgIpc) is 2.78. The van der Waals surface area contributed by atoms with Gasteiger partial charge in [0.1, 0.15) is 0 Å². The number of nitrogens with zero attached hydrogens (tertiary/aromatic N) is 3. The molecule has 0 aromatic heterocycles. The first-order valence-corrected chi connectivity index (χ1v) is 11.0. The Bertz CT molecular complexity index is 993. The van der Waals surface area contributed by atoms with Crippen molar-refractivity contribution in [2.75, 3.05) is 20.3 Å². The number of carbonyl (C=O) groups excluding carboxylic acids is 1. The minimum atomic E-state index is -0.457. The van der Waals surface area contributed by atoms with E-state index in [0.717, 1.165) is 24.1 Å². The van der Waals surface area contributed by atoms with Crippen molar-refractivity contribution in [3.05, 3.63) is 63.2 Å². The summed E-state index contributed by atoms with van der Waals surface area (Å²) in [7, 11) is 1.59. The Balaban J connectivity index is 1.91. The average molecular weight is 523 g/mol. The molecule has 0 spiro atoms. The number of alkyl halides is 1. The highest BCUT2D eigenvalue weighted by Gasteiger charge is 2.24. The topological polar surface area (TPSA) is 94.3 Å². The summed E-state index contributed by atoms with van der Waals surface area (Å²) < 4.78 is 11.5. The Morgan fingerprint density at radius 2 is 2.07 bits per heavy atom. The van der Waals surface area contributed by atoms with E-state index in [1.165, 1.54) is 23.2 Å². The Morgan fingerprint density at radius 3 is 2.73 bits per heavy atom. The molecule has 9 heteroatoms. The van der Waals surface area contributed by atoms with E-state index in [0.29, 0.717) is 40.2 Å². The van der Waals surface area contributed by atoms with E-state index in [1.54, 1.807) is 7.11 Å². The lowest BCUT2D eigenvalue weighted by Gasteiger charge is -2.25. The zero-order valence-corrected chi connectivity index (χ0v) is 18.9. The van der Waals surface area contributed by atoms with Crippen molar-refractivity contribution in [3.8, 4) is 11.5 Å². The lowest BCUT2D eigenvalue weighted by Crippen LogP contribution is -2.32. The number of nitro groups is 1. The molecule has 1 amide bonds. The fraction of sp³-hybridized carbons (Fsp3) is 0.333. The molecule has 8 nitrogen and oxygen atoms in total. The highest BCUT2D eigenvalue weighted by atomic mass is 127. The number of halogens is 1. The van der Waals surface area contributed by atoms with Gasteiger partial charge in [-0.25, -0.2) is 5.01 Å². The van der Waals surface area contributed by atoms with Crippen molar-refractivity contribution in [2.24, 2.45) is 5.10 Å². The van der Waals surface area contributed by atoms with Gasteiger partial charge in [0.15, 0.2) is 11.5 Å². The van der Waals surface area contributed by atoms with Gasteiger partial charge in [-0.1, -0.05) is 22.6 Å². The number of nitro benzene ring substituents is 1. The summed E-state index contributed by atoms with van der Waals surface area (Å²) in [6, 6.07) is 9.92. The zero-order valence-electron chi connectivity index (χ0n) is 16.8. The Labute approximate surface area is 188 Å². The fourth-order valence-corrected chi connectivity index (χ4v) is 3.90. The Hall–Kier alpha value is -2.69. The number of rotatable bonds is 7. The number of amides is 1. The van der Waals surface area contributed by atoms with Crippen LogP contribution in [0.3, 0.4) is 0 Å². The van der Waals surface area contributed by atoms with E-state index in [2.05, 4.69) is 27.7 Å². The standard InChI is InChI=1S/C21H22IN3O5/c1-3-30-20-12-14(6-9-19(20)29-2)18-5-4-10-24(23-18)21(26)17-8-7-16(25(27)28)11-15(17)13-22/h6-9,11-12H,3-5,10,13H2,1-2H3. The first-order valence-electron chi connectivity index (χ1n) is 9.52. The van der Waals surface area contributed by atoms with Crippen LogP contribution in [0.15, 0.2) is 41.5 Å². The van der Waals surface area contributed by atoms with E-state index in [4.69, 9.17) is 9.47 Å². The number of non-ortho nitro benzene ring substituents is 1. The van der Waals surface area contributed by atoms with Crippen LogP contribution in [0.1, 0.15) is 41.3 Å². The highest BCUT2D eigenvalue weighted by molar-refractivity contribution is 14.1. The first kappa shape index (κ1) is 22.0. The lowest BCUT2D eigenvalue weighted by atomic mass is 10.0. The minimum absolute atomic E-state index is 0.0252. The largest absolute Gasteiger partial charge is 0.493 e. The molecule has 1 heterocycles. The smallest absolute Gasteiger partial charge is 0.274 e. The molecule has 0 atom stereocenters. The molecule has 0 saturated carbocycles. The molecule has 30 heavy (non-hydrogen) atoms. The van der Waals surface area contributed by atoms with E-state index in [-0.39, 0.29) is 11.6 Å². The summed E-state index contributed by atoms with van der Waals surface area (Å²) in [6.07, 6.45) is 1.51. The molecular formula is C21H22IN3O5. The third-order valence-corrected chi connectivity index (χ3v) is 5.55. The second-order valence-electron chi connectivity index (χ2n) is 6.61. The van der Waals surface area contributed by atoms with Crippen LogP contribution in [0, 0.1) is 10.1 Å². The summed E-state index contributed by atoms with van der Waals surface area (Å²) in [4.78, 5) is 23.7. The van der Waals surface area contributed by atoms with E-state index >= 15 is 0 Å². The molecule has 0 unspecified atom stereocenters. The van der Waals surface area contributed by atoms with Crippen LogP contribution in [0.25, 0.3) is 0 Å². The number of ether oxygens (including phenoxy) is 2. The second-order valence-corrected chi connectivity index (χ2v) is 7.37. The fourth-order valence-electron chi connectivity index (χ4n) is 3.27. The van der Waals surface area contributed by atoms with Crippen LogP contribution in [0.2, 0.25) is 0 Å². The monoisotopic (exact) mass is 523 g/mol. The third-order valence-electron chi connectivity index (χ3n) is 4.73. The van der Waals surface area contributed by atoms with Crippen molar-refractivity contribution >= 4 is 39.9 Å². The van der Waals surface area contributed by atoms with Gasteiger partial charge < -0.3 is 9.47 Å². The van der Waals surface area contributed by atoms with E-state index in [9.17, 15) is 14.9 Å². The number of carbonyl (C=O) groups is 1. The maximum atomic E-state index is 13.1. The predicted octanol–water partition coefficient (Wildman–Crippen LogP) is 4.58. The van der Waals surface area contributed by atoms with Crippen LogP contribution in [-0.2, 0) is 4.43 Å². The van der Waals surface area contributed by atoms with Gasteiger partial charge in [0, 0.05) is 34.2 Å². The Kier molecular flexibility index (Phi) is 7.24. The molecule has 0 bridgehead atoms. The number of hydrogen-bond donors (Lipinski definition) is 0. The minimum Gasteiger partial charge on any atom is -0.493 e. The number of benzene rings is 2. The van der Waals surface area contributed by atoms with Crippen molar-refractivity contribution in [1.29, 1.82) is 0 Å². The number of hydrogen-bond acceptors (Lipinski definition) is 6. The summed E-state index contributed by atoms with van der Waals surface area (Å²) in [5, 5.41) is 17.1. The van der Waals surface area contributed by atoms with Crippen molar-refractivity contribution < 1.29 is 19.2 Å². The van der Waals surface area contributed by atoms with Gasteiger partial charge >= 0.3 is 0 Å². The van der Waals surface area contributed by atoms with Crippen LogP contribution in [-0.4, -0.2) is 41.8 Å². The normalized spacial score (nSPS) is 13.6. The second kappa shape index (κ2) is 9.88. The predicted molar refractivity (Wildman–Crippen MR) is 122 cm³/mol. The number of methoxy groups -OCH3 is 1. The molecule has 0 N–H and O–H groups in total. The first-order chi connectivity index (χ1) is 14.5. The molecule has 1 aliphatic rings. The molecule has 3 rings (SSSR count). The van der Waals surface area contributed by atoms with Gasteiger partial charge in [0.05, 0.1) is 24.4 Å². The molecule has 2 aromatic carbocycles. The van der Waals surface area contributed by atoms with E-state index in [1.807, 2.05) is 25.1 Å². The number of hydrazone groups is 1. The summed E-state index contributed by atoms with van der Waals surface area (Å²) in [5.74, 6) is 1.01. The van der Waals surface area contributed by atoms with Gasteiger partial charge in [-0.15, -0.1) is 0 Å². The lowest BCUT2D eigenvalue weighted by molar-refractivity contribution is -0.384. The van der Waals surface area contributed by atoms with Gasteiger partial charge in [-0.05, 0) is 49.6 Å². The molecule has 0 aliphatic carbocycles. The molecule has 1 aliphatic heterocycles. The summed E-state index contributed by atoms with van der Waals surface area (Å²) >= 11 is 2.10. The Morgan fingerprint density at radius 1 is 1.27 bits per heavy atom. The zero-order chi connectivity index (χ0) is 21.7. The molecule has 0 saturated heterocycles. The summed E-state index contributed by atoms with van der Waals surface area (Å²) in [5.41, 5.74) is 2.69. The van der Waals surface area contributed by atoms with Crippen molar-refractivity contribution in [3.63, 3.8) is 0 Å². The maximum absolute atomic E-state index is 13.1. The van der Waals surface area contributed by atoms with Gasteiger partial charge in [-0.2, -0.15) is 5.10 Å². The SMILES string of the molecule is CCOc1cc(C2=NN(C(=O)c3ccc([N+](=O)[O-])cc3CI)CCC2)ccc1OC. The molecule has 0 radical (unpaired) electrons. The van der Waals surface area contributed by atoms with Gasteiger partial charge in [0.2, 0.25) is 0 Å². The molecule has 158 valence electrons. The molecular weight excluding hydrogens is 501 g/mol. The highest BCUT2D eigenvalue weighted by Crippen LogP contribution is 2.30. The van der Waals surface area contributed by atoms with Gasteiger partial charge in [0.25, 0.3) is 11.6 Å². The molecule has 2 aromatic rings. The summed E-state index contributed by atoms with van der Waals surface area (Å²) in [6.45, 7) is 2.91.